The average Bonchev–Trinajstić information content (AvgIpc) is 2.62. The molecule has 0 aromatic heterocycles. The van der Waals surface area contributed by atoms with Crippen LogP contribution < -0.4 is 19.7 Å². The third-order valence-corrected chi connectivity index (χ3v) is 4.87. The molecule has 0 saturated carbocycles. The van der Waals surface area contributed by atoms with Crippen molar-refractivity contribution < 1.29 is 19.2 Å². The molecule has 2 aromatic carbocycles. The van der Waals surface area contributed by atoms with Gasteiger partial charge in [-0.1, -0.05) is 29.3 Å². The number of nitrogens with one attached hydrogen (secondary N) is 2. The number of amides is 1. The zero-order chi connectivity index (χ0) is 20.7. The molecule has 0 radical (unpaired) electrons. The molecule has 0 aliphatic heterocycles. The molecular weight excluding hydrogens is 399 g/mol. The van der Waals surface area contributed by atoms with E-state index in [2.05, 4.69) is 5.32 Å². The molecule has 2 aromatic rings. The van der Waals surface area contributed by atoms with Crippen molar-refractivity contribution in [3.8, 4) is 11.5 Å². The largest absolute Gasteiger partial charge is 0.493 e. The Morgan fingerprint density at radius 2 is 1.93 bits per heavy atom. The van der Waals surface area contributed by atoms with Crippen LogP contribution in [0.15, 0.2) is 36.4 Å². The summed E-state index contributed by atoms with van der Waals surface area (Å²) in [6.45, 7) is 5.44. The van der Waals surface area contributed by atoms with Crippen LogP contribution in [0.25, 0.3) is 0 Å². The Kier molecular flexibility index (Phi) is 8.42. The van der Waals surface area contributed by atoms with Crippen LogP contribution in [0.3, 0.4) is 0 Å². The predicted octanol–water partition coefficient (Wildman–Crippen LogP) is 3.29. The number of rotatable bonds is 9. The lowest BCUT2D eigenvalue weighted by atomic mass is 10.1. The van der Waals surface area contributed by atoms with Crippen molar-refractivity contribution in [2.24, 2.45) is 0 Å². The molecular formula is C21H27Cl2N2O3+. The van der Waals surface area contributed by atoms with Gasteiger partial charge in [0.15, 0.2) is 18.0 Å². The molecule has 152 valence electrons. The summed E-state index contributed by atoms with van der Waals surface area (Å²) in [7, 11) is 3.59. The molecule has 0 aliphatic rings. The number of hydrogen-bond donors (Lipinski definition) is 2. The quantitative estimate of drug-likeness (QED) is 0.647. The van der Waals surface area contributed by atoms with Crippen molar-refractivity contribution in [1.29, 1.82) is 0 Å². The Morgan fingerprint density at radius 1 is 1.18 bits per heavy atom. The lowest BCUT2D eigenvalue weighted by molar-refractivity contribution is -0.885. The molecule has 0 bridgehead atoms. The molecule has 0 aliphatic carbocycles. The third kappa shape index (κ3) is 6.30. The minimum Gasteiger partial charge on any atom is -0.493 e. The van der Waals surface area contributed by atoms with Crippen LogP contribution in [0.5, 0.6) is 11.5 Å². The Bertz CT molecular complexity index is 814. The Hall–Kier alpha value is -1.95. The summed E-state index contributed by atoms with van der Waals surface area (Å²) >= 11 is 12.2. The zero-order valence-electron chi connectivity index (χ0n) is 16.6. The number of likely N-dealkylation sites (N-methyl/N-ethyl adjacent to an activating group) is 1. The van der Waals surface area contributed by atoms with Crippen molar-refractivity contribution >= 4 is 29.1 Å². The van der Waals surface area contributed by atoms with Crippen molar-refractivity contribution in [3.63, 3.8) is 0 Å². The minimum absolute atomic E-state index is 0.0473. The van der Waals surface area contributed by atoms with Gasteiger partial charge >= 0.3 is 0 Å². The SMILES string of the molecule is CCOc1ccc(C[NH+](C)CC(=O)N[C@H](C)c2ccc(Cl)cc2Cl)cc1OC. The number of carbonyl (C=O) groups is 1. The topological polar surface area (TPSA) is 52.0 Å². The Balaban J connectivity index is 1.93. The van der Waals surface area contributed by atoms with E-state index in [1.54, 1.807) is 19.2 Å². The van der Waals surface area contributed by atoms with Gasteiger partial charge in [0.1, 0.15) is 6.54 Å². The van der Waals surface area contributed by atoms with Crippen LogP contribution in [-0.4, -0.2) is 33.2 Å². The lowest BCUT2D eigenvalue weighted by Gasteiger charge is -2.19. The minimum atomic E-state index is -0.198. The van der Waals surface area contributed by atoms with Crippen LogP contribution in [0.1, 0.15) is 31.0 Å². The first kappa shape index (κ1) is 22.3. The number of hydrogen-bond acceptors (Lipinski definition) is 3. The molecule has 2 N–H and O–H groups in total. The van der Waals surface area contributed by atoms with Gasteiger partial charge in [0.2, 0.25) is 0 Å². The molecule has 0 fully saturated rings. The highest BCUT2D eigenvalue weighted by molar-refractivity contribution is 6.35. The maximum atomic E-state index is 12.4. The van der Waals surface area contributed by atoms with E-state index in [-0.39, 0.29) is 11.9 Å². The monoisotopic (exact) mass is 425 g/mol. The maximum Gasteiger partial charge on any atom is 0.275 e. The van der Waals surface area contributed by atoms with E-state index in [9.17, 15) is 4.79 Å². The molecule has 5 nitrogen and oxygen atoms in total. The van der Waals surface area contributed by atoms with Crippen molar-refractivity contribution in [1.82, 2.24) is 5.32 Å². The number of quaternary nitrogens is 1. The van der Waals surface area contributed by atoms with Gasteiger partial charge < -0.3 is 19.7 Å². The van der Waals surface area contributed by atoms with Gasteiger partial charge in [0.25, 0.3) is 5.91 Å². The average molecular weight is 426 g/mol. The molecule has 1 amide bonds. The number of benzene rings is 2. The van der Waals surface area contributed by atoms with E-state index in [1.165, 1.54) is 0 Å². The fourth-order valence-electron chi connectivity index (χ4n) is 3.00. The fourth-order valence-corrected chi connectivity index (χ4v) is 3.58. The van der Waals surface area contributed by atoms with Crippen molar-refractivity contribution in [2.75, 3.05) is 27.3 Å². The Morgan fingerprint density at radius 3 is 2.57 bits per heavy atom. The summed E-state index contributed by atoms with van der Waals surface area (Å²) in [5.74, 6) is 1.37. The first-order chi connectivity index (χ1) is 13.3. The van der Waals surface area contributed by atoms with E-state index in [0.29, 0.717) is 35.5 Å². The summed E-state index contributed by atoms with van der Waals surface area (Å²) in [4.78, 5) is 13.5. The van der Waals surface area contributed by atoms with Gasteiger partial charge in [0.05, 0.1) is 26.8 Å². The number of methoxy groups -OCH3 is 1. The van der Waals surface area contributed by atoms with Gasteiger partial charge in [-0.2, -0.15) is 0 Å². The van der Waals surface area contributed by atoms with E-state index in [0.717, 1.165) is 21.8 Å². The molecule has 1 unspecified atom stereocenters. The number of halogens is 2. The van der Waals surface area contributed by atoms with Gasteiger partial charge in [-0.3, -0.25) is 4.79 Å². The Labute approximate surface area is 176 Å². The highest BCUT2D eigenvalue weighted by atomic mass is 35.5. The van der Waals surface area contributed by atoms with E-state index in [4.69, 9.17) is 32.7 Å². The van der Waals surface area contributed by atoms with Crippen molar-refractivity contribution in [3.05, 3.63) is 57.6 Å². The standard InChI is InChI=1S/C21H26Cl2N2O3/c1-5-28-19-9-6-15(10-20(19)27-4)12-25(3)13-21(26)24-14(2)17-8-7-16(22)11-18(17)23/h6-11,14H,5,12-13H2,1-4H3,(H,24,26)/p+1/t14-/m1/s1. The molecule has 2 atom stereocenters. The van der Waals surface area contributed by atoms with Crippen molar-refractivity contribution in [2.45, 2.75) is 26.4 Å². The first-order valence-corrected chi connectivity index (χ1v) is 9.95. The smallest absolute Gasteiger partial charge is 0.275 e. The van der Waals surface area contributed by atoms with Crippen LogP contribution >= 0.6 is 23.2 Å². The number of carbonyl (C=O) groups excluding carboxylic acids is 1. The fraction of sp³-hybridized carbons (Fsp3) is 0.381. The van der Waals surface area contributed by atoms with Crippen LogP contribution in [0.2, 0.25) is 10.0 Å². The van der Waals surface area contributed by atoms with E-state index in [1.807, 2.05) is 45.2 Å². The highest BCUT2D eigenvalue weighted by Gasteiger charge is 2.17. The van der Waals surface area contributed by atoms with Gasteiger partial charge in [-0.05, 0) is 49.7 Å². The summed E-state index contributed by atoms with van der Waals surface area (Å²) in [5.41, 5.74) is 1.91. The molecule has 7 heteroatoms. The van der Waals surface area contributed by atoms with E-state index >= 15 is 0 Å². The van der Waals surface area contributed by atoms with E-state index < -0.39 is 0 Å². The second-order valence-electron chi connectivity index (χ2n) is 6.68. The second-order valence-corrected chi connectivity index (χ2v) is 7.53. The predicted molar refractivity (Wildman–Crippen MR) is 113 cm³/mol. The molecule has 28 heavy (non-hydrogen) atoms. The zero-order valence-corrected chi connectivity index (χ0v) is 18.2. The van der Waals surface area contributed by atoms with Gasteiger partial charge in [-0.15, -0.1) is 0 Å². The molecule has 0 heterocycles. The van der Waals surface area contributed by atoms with Crippen LogP contribution in [0, 0.1) is 0 Å². The second kappa shape index (κ2) is 10.6. The molecule has 0 saturated heterocycles. The van der Waals surface area contributed by atoms with Crippen LogP contribution in [-0.2, 0) is 11.3 Å². The highest BCUT2D eigenvalue weighted by Crippen LogP contribution is 2.28. The normalized spacial score (nSPS) is 12.9. The maximum absolute atomic E-state index is 12.4. The summed E-state index contributed by atoms with van der Waals surface area (Å²) in [6.07, 6.45) is 0. The third-order valence-electron chi connectivity index (χ3n) is 4.30. The first-order valence-electron chi connectivity index (χ1n) is 9.19. The van der Waals surface area contributed by atoms with Gasteiger partial charge in [0, 0.05) is 15.6 Å². The number of ether oxygens (including phenoxy) is 2. The van der Waals surface area contributed by atoms with Crippen LogP contribution in [0.4, 0.5) is 0 Å². The molecule has 2 rings (SSSR count). The summed E-state index contributed by atoms with van der Waals surface area (Å²) < 4.78 is 10.9. The molecule has 0 spiro atoms. The lowest BCUT2D eigenvalue weighted by Crippen LogP contribution is -3.08. The summed E-state index contributed by atoms with van der Waals surface area (Å²) in [6, 6.07) is 10.9. The summed E-state index contributed by atoms with van der Waals surface area (Å²) in [5, 5.41) is 4.11. The van der Waals surface area contributed by atoms with Gasteiger partial charge in [-0.25, -0.2) is 0 Å².